The normalized spacial score (nSPS) is 15.9. The van der Waals surface area contributed by atoms with Gasteiger partial charge in [0, 0.05) is 59.2 Å². The van der Waals surface area contributed by atoms with Crippen LogP contribution in [-0.4, -0.2) is 48.0 Å². The third-order valence-corrected chi connectivity index (χ3v) is 6.59. The van der Waals surface area contributed by atoms with Gasteiger partial charge in [-0.05, 0) is 81.7 Å². The first-order valence-corrected chi connectivity index (χ1v) is 12.9. The number of benzene rings is 2. The molecule has 0 saturated carbocycles. The van der Waals surface area contributed by atoms with E-state index in [0.717, 1.165) is 52.3 Å². The number of anilines is 1. The van der Waals surface area contributed by atoms with Crippen molar-refractivity contribution in [3.05, 3.63) is 81.6 Å². The molecule has 2 aromatic rings. The molecule has 2 aliphatic rings. The number of hydrogen-bond donors (Lipinski definition) is 4. The summed E-state index contributed by atoms with van der Waals surface area (Å²) < 4.78 is 12.3. The minimum atomic E-state index is -1.04. The molecule has 1 aliphatic heterocycles. The van der Waals surface area contributed by atoms with Gasteiger partial charge in [-0.2, -0.15) is 0 Å². The Balaban J connectivity index is 1.90. The van der Waals surface area contributed by atoms with E-state index < -0.39 is 18.0 Å². The Hall–Kier alpha value is -4.20. The number of aromatic carboxylic acids is 1. The predicted octanol–water partition coefficient (Wildman–Crippen LogP) is 5.38. The first kappa shape index (κ1) is 26.9. The number of likely N-dealkylation sites (N-methyl/N-ethyl adjacent to an activating group) is 1. The summed E-state index contributed by atoms with van der Waals surface area (Å²) in [5, 5.41) is 25.8. The van der Waals surface area contributed by atoms with Crippen LogP contribution in [0.5, 0.6) is 11.5 Å². The highest BCUT2D eigenvalue weighted by molar-refractivity contribution is 6.00. The largest absolute Gasteiger partial charge is 0.494 e. The summed E-state index contributed by atoms with van der Waals surface area (Å²) >= 11 is 0. The molecule has 1 heterocycles. The highest BCUT2D eigenvalue weighted by Crippen LogP contribution is 2.46. The summed E-state index contributed by atoms with van der Waals surface area (Å²) in [6, 6.07) is 8.90. The Morgan fingerprint density at radius 1 is 1.03 bits per heavy atom. The van der Waals surface area contributed by atoms with Crippen molar-refractivity contribution in [2.75, 3.05) is 25.0 Å². The van der Waals surface area contributed by atoms with Gasteiger partial charge in [-0.3, -0.25) is 4.79 Å². The molecule has 4 rings (SSSR count). The maximum Gasteiger partial charge on any atom is 0.336 e. The second-order valence-electron chi connectivity index (χ2n) is 9.36. The standard InChI is InChI=1S/C30H34N2O6/c1-5-31-24-15-26-22(12-17(24)3)29(23-13-18(4)25(32-6-2)16-27(23)38-26)21-14-19(9-10-20(21)30(35)36)37-11-7-8-28(33)34/h9-10,12-16,26,31-32H,5-8,11H2,1-4H3,(H,33,34)(H,35,36). The maximum atomic E-state index is 12.4. The smallest absolute Gasteiger partial charge is 0.336 e. The van der Waals surface area contributed by atoms with Crippen LogP contribution < -0.4 is 20.1 Å². The fourth-order valence-electron chi connectivity index (χ4n) is 4.84. The minimum absolute atomic E-state index is 0.000295. The van der Waals surface area contributed by atoms with E-state index in [-0.39, 0.29) is 18.6 Å². The third kappa shape index (κ3) is 5.54. The fourth-order valence-corrected chi connectivity index (χ4v) is 4.84. The lowest BCUT2D eigenvalue weighted by molar-refractivity contribution is -0.137. The summed E-state index contributed by atoms with van der Waals surface area (Å²) in [7, 11) is 0. The lowest BCUT2D eigenvalue weighted by atomic mass is 9.82. The van der Waals surface area contributed by atoms with E-state index in [1.807, 2.05) is 45.9 Å². The average Bonchev–Trinajstić information content (AvgIpc) is 2.87. The molecule has 1 unspecified atom stereocenters. The van der Waals surface area contributed by atoms with E-state index in [4.69, 9.17) is 14.6 Å². The van der Waals surface area contributed by atoms with Crippen LogP contribution in [0.1, 0.15) is 60.7 Å². The van der Waals surface area contributed by atoms with Gasteiger partial charge in [-0.15, -0.1) is 0 Å². The maximum absolute atomic E-state index is 12.4. The van der Waals surface area contributed by atoms with Crippen LogP contribution in [0.15, 0.2) is 59.3 Å². The monoisotopic (exact) mass is 518 g/mol. The molecule has 0 aromatic heterocycles. The number of carboxylic acid groups (broad SMARTS) is 2. The lowest BCUT2D eigenvalue weighted by Gasteiger charge is -2.33. The molecule has 0 fully saturated rings. The van der Waals surface area contributed by atoms with E-state index in [9.17, 15) is 14.7 Å². The molecule has 1 aliphatic carbocycles. The van der Waals surface area contributed by atoms with Gasteiger partial charge in [0.05, 0.1) is 12.2 Å². The zero-order chi connectivity index (χ0) is 27.4. The number of carboxylic acids is 2. The van der Waals surface area contributed by atoms with Crippen molar-refractivity contribution in [3.8, 4) is 11.5 Å². The van der Waals surface area contributed by atoms with Crippen molar-refractivity contribution in [2.45, 2.75) is 46.6 Å². The van der Waals surface area contributed by atoms with Crippen molar-refractivity contribution in [3.63, 3.8) is 0 Å². The number of carbonyl (C=O) groups is 2. The van der Waals surface area contributed by atoms with Crippen LogP contribution >= 0.6 is 0 Å². The predicted molar refractivity (Wildman–Crippen MR) is 147 cm³/mol. The van der Waals surface area contributed by atoms with Gasteiger partial charge in [0.15, 0.2) is 0 Å². The molecule has 0 bridgehead atoms. The molecule has 38 heavy (non-hydrogen) atoms. The Morgan fingerprint density at radius 3 is 2.47 bits per heavy atom. The molecule has 0 amide bonds. The zero-order valence-corrected chi connectivity index (χ0v) is 22.2. The van der Waals surface area contributed by atoms with E-state index in [1.165, 1.54) is 0 Å². The topological polar surface area (TPSA) is 117 Å². The molecule has 0 saturated heterocycles. The van der Waals surface area contributed by atoms with Gasteiger partial charge in [-0.25, -0.2) is 4.79 Å². The van der Waals surface area contributed by atoms with Crippen molar-refractivity contribution in [1.29, 1.82) is 0 Å². The van der Waals surface area contributed by atoms with Crippen molar-refractivity contribution in [1.82, 2.24) is 5.32 Å². The summed E-state index contributed by atoms with van der Waals surface area (Å²) in [5.74, 6) is -0.783. The van der Waals surface area contributed by atoms with Crippen LogP contribution in [0, 0.1) is 6.92 Å². The highest BCUT2D eigenvalue weighted by atomic mass is 16.5. The molecule has 0 spiro atoms. The third-order valence-electron chi connectivity index (χ3n) is 6.59. The summed E-state index contributed by atoms with van der Waals surface area (Å²) in [4.78, 5) is 23.3. The van der Waals surface area contributed by atoms with Crippen LogP contribution in [-0.2, 0) is 4.79 Å². The molecule has 0 radical (unpaired) electrons. The van der Waals surface area contributed by atoms with Crippen molar-refractivity contribution in [2.24, 2.45) is 0 Å². The Labute approximate surface area is 222 Å². The number of ether oxygens (including phenoxy) is 2. The van der Waals surface area contributed by atoms with E-state index >= 15 is 0 Å². The van der Waals surface area contributed by atoms with Crippen LogP contribution in [0.3, 0.4) is 0 Å². The molecule has 8 nitrogen and oxygen atoms in total. The first-order chi connectivity index (χ1) is 18.2. The molecule has 200 valence electrons. The van der Waals surface area contributed by atoms with Gasteiger partial charge in [0.25, 0.3) is 0 Å². The van der Waals surface area contributed by atoms with Gasteiger partial charge in [0.1, 0.15) is 17.6 Å². The summed E-state index contributed by atoms with van der Waals surface area (Å²) in [5.41, 5.74) is 7.13. The molecule has 8 heteroatoms. The number of aliphatic carboxylic acids is 1. The molecule has 1 atom stereocenters. The average molecular weight is 519 g/mol. The van der Waals surface area contributed by atoms with Crippen molar-refractivity contribution >= 4 is 23.2 Å². The second-order valence-corrected chi connectivity index (χ2v) is 9.36. The molecular formula is C30H34N2O6. The minimum Gasteiger partial charge on any atom is -0.494 e. The number of aryl methyl sites for hydroxylation is 1. The highest BCUT2D eigenvalue weighted by Gasteiger charge is 2.33. The first-order valence-electron chi connectivity index (χ1n) is 12.9. The van der Waals surface area contributed by atoms with Gasteiger partial charge < -0.3 is 30.3 Å². The van der Waals surface area contributed by atoms with Gasteiger partial charge in [0.2, 0.25) is 0 Å². The Morgan fingerprint density at radius 2 is 1.79 bits per heavy atom. The Bertz CT molecular complexity index is 1350. The fraction of sp³-hybridized carbons (Fsp3) is 0.333. The number of nitrogens with one attached hydrogen (secondary N) is 2. The number of rotatable bonds is 11. The lowest BCUT2D eigenvalue weighted by Crippen LogP contribution is -2.29. The van der Waals surface area contributed by atoms with Crippen molar-refractivity contribution < 1.29 is 29.3 Å². The summed E-state index contributed by atoms with van der Waals surface area (Å²) in [6.45, 7) is 9.83. The molecule has 4 N–H and O–H groups in total. The Kier molecular flexibility index (Phi) is 8.10. The van der Waals surface area contributed by atoms with Gasteiger partial charge in [-0.1, -0.05) is 0 Å². The zero-order valence-electron chi connectivity index (χ0n) is 22.2. The van der Waals surface area contributed by atoms with E-state index in [2.05, 4.69) is 16.7 Å². The number of fused-ring (bicyclic) bond motifs is 2. The second kappa shape index (κ2) is 11.5. The van der Waals surface area contributed by atoms with E-state index in [0.29, 0.717) is 23.5 Å². The molecular weight excluding hydrogens is 484 g/mol. The van der Waals surface area contributed by atoms with E-state index in [1.54, 1.807) is 18.2 Å². The number of hydrogen-bond acceptors (Lipinski definition) is 6. The van der Waals surface area contributed by atoms with Crippen LogP contribution in [0.2, 0.25) is 0 Å². The number of allylic oxidation sites excluding steroid dienone is 1. The molecule has 2 aromatic carbocycles. The van der Waals surface area contributed by atoms with Gasteiger partial charge >= 0.3 is 11.9 Å². The van der Waals surface area contributed by atoms with Crippen LogP contribution in [0.4, 0.5) is 5.69 Å². The summed E-state index contributed by atoms with van der Waals surface area (Å²) in [6.07, 6.45) is 4.04. The quantitative estimate of drug-likeness (QED) is 0.293. The SMILES string of the molecule is CCNC1=CC2Oc3cc(NCC)c(C)cc3C(c3cc(OCCCC(=O)O)ccc3C(=O)O)=C2C=C1C. The van der Waals surface area contributed by atoms with Crippen LogP contribution in [0.25, 0.3) is 5.57 Å².